The molecule has 1 heterocycles. The van der Waals surface area contributed by atoms with Crippen LogP contribution in [0.3, 0.4) is 0 Å². The Labute approximate surface area is 126 Å². The van der Waals surface area contributed by atoms with Gasteiger partial charge in [0.1, 0.15) is 11.6 Å². The van der Waals surface area contributed by atoms with Crippen LogP contribution in [0.2, 0.25) is 0 Å². The van der Waals surface area contributed by atoms with Gasteiger partial charge in [-0.25, -0.2) is 8.78 Å². The lowest BCUT2D eigenvalue weighted by atomic mass is 10.1. The topological polar surface area (TPSA) is 57.8 Å². The van der Waals surface area contributed by atoms with E-state index in [-0.39, 0.29) is 10.2 Å². The molecule has 0 saturated carbocycles. The predicted octanol–water partition coefficient (Wildman–Crippen LogP) is 3.86. The van der Waals surface area contributed by atoms with Gasteiger partial charge in [0.25, 0.3) is 5.91 Å². The number of hydrogen-bond donors (Lipinski definition) is 2. The van der Waals surface area contributed by atoms with Crippen LogP contribution in [0.4, 0.5) is 14.5 Å². The third-order valence-electron chi connectivity index (χ3n) is 2.96. The van der Waals surface area contributed by atoms with Crippen molar-refractivity contribution in [1.82, 2.24) is 10.2 Å². The molecule has 0 bridgehead atoms. The van der Waals surface area contributed by atoms with Crippen LogP contribution in [-0.4, -0.2) is 16.1 Å². The number of anilines is 1. The second-order valence-electron chi connectivity index (χ2n) is 4.37. The Morgan fingerprint density at radius 2 is 2.00 bits per heavy atom. The summed E-state index contributed by atoms with van der Waals surface area (Å²) in [5.41, 5.74) is 0.938. The smallest absolute Gasteiger partial charge is 0.255 e. The second kappa shape index (κ2) is 5.25. The molecule has 106 valence electrons. The zero-order chi connectivity index (χ0) is 15.0. The van der Waals surface area contributed by atoms with Crippen molar-refractivity contribution in [2.45, 2.75) is 0 Å². The number of fused-ring (bicyclic) bond motifs is 1. The Morgan fingerprint density at radius 3 is 2.81 bits per heavy atom. The molecule has 0 atom stereocenters. The lowest BCUT2D eigenvalue weighted by molar-refractivity contribution is 0.102. The highest BCUT2D eigenvalue weighted by Crippen LogP contribution is 2.24. The number of rotatable bonds is 2. The summed E-state index contributed by atoms with van der Waals surface area (Å²) in [6.45, 7) is 0. The summed E-state index contributed by atoms with van der Waals surface area (Å²) in [4.78, 5) is 12.1. The van der Waals surface area contributed by atoms with Gasteiger partial charge in [-0.2, -0.15) is 5.10 Å². The summed E-state index contributed by atoms with van der Waals surface area (Å²) >= 11 is 2.95. The summed E-state index contributed by atoms with van der Waals surface area (Å²) in [5, 5.41) is 9.87. The van der Waals surface area contributed by atoms with E-state index in [1.165, 1.54) is 6.07 Å². The van der Waals surface area contributed by atoms with Crippen LogP contribution in [0.5, 0.6) is 0 Å². The highest BCUT2D eigenvalue weighted by molar-refractivity contribution is 9.10. The number of aromatic nitrogens is 2. The van der Waals surface area contributed by atoms with Crippen molar-refractivity contribution in [3.05, 3.63) is 58.2 Å². The maximum absolute atomic E-state index is 13.6. The van der Waals surface area contributed by atoms with Crippen LogP contribution in [0, 0.1) is 11.6 Å². The molecule has 21 heavy (non-hydrogen) atoms. The van der Waals surface area contributed by atoms with Crippen molar-refractivity contribution in [2.75, 3.05) is 5.32 Å². The molecule has 1 aromatic heterocycles. The maximum atomic E-state index is 13.6. The van der Waals surface area contributed by atoms with Crippen LogP contribution >= 0.6 is 15.9 Å². The number of aromatic amines is 1. The van der Waals surface area contributed by atoms with Gasteiger partial charge in [0.2, 0.25) is 0 Å². The summed E-state index contributed by atoms with van der Waals surface area (Å²) in [7, 11) is 0. The van der Waals surface area contributed by atoms with Crippen LogP contribution in [0.15, 0.2) is 41.0 Å². The molecule has 3 rings (SSSR count). The summed E-state index contributed by atoms with van der Waals surface area (Å²) < 4.78 is 26.8. The normalized spacial score (nSPS) is 10.8. The van der Waals surface area contributed by atoms with Crippen molar-refractivity contribution in [3.63, 3.8) is 0 Å². The van der Waals surface area contributed by atoms with E-state index in [0.717, 1.165) is 5.39 Å². The van der Waals surface area contributed by atoms with Gasteiger partial charge in [-0.15, -0.1) is 0 Å². The zero-order valence-electron chi connectivity index (χ0n) is 10.5. The van der Waals surface area contributed by atoms with Gasteiger partial charge in [0, 0.05) is 17.0 Å². The molecule has 0 radical (unpaired) electrons. The predicted molar refractivity (Wildman–Crippen MR) is 78.1 cm³/mol. The minimum atomic E-state index is -0.841. The average molecular weight is 352 g/mol. The molecule has 0 unspecified atom stereocenters. The summed E-state index contributed by atoms with van der Waals surface area (Å²) in [5.74, 6) is -2.07. The fourth-order valence-electron chi connectivity index (χ4n) is 1.89. The Kier molecular flexibility index (Phi) is 3.42. The van der Waals surface area contributed by atoms with E-state index in [4.69, 9.17) is 0 Å². The van der Waals surface area contributed by atoms with E-state index in [2.05, 4.69) is 31.4 Å². The third-order valence-corrected chi connectivity index (χ3v) is 3.57. The third kappa shape index (κ3) is 2.64. The molecular weight excluding hydrogens is 344 g/mol. The maximum Gasteiger partial charge on any atom is 0.255 e. The molecule has 0 spiro atoms. The van der Waals surface area contributed by atoms with Crippen LogP contribution in [-0.2, 0) is 0 Å². The van der Waals surface area contributed by atoms with Crippen molar-refractivity contribution < 1.29 is 13.6 Å². The minimum Gasteiger partial charge on any atom is -0.319 e. The van der Waals surface area contributed by atoms with E-state index in [9.17, 15) is 13.6 Å². The SMILES string of the molecule is O=C(Nc1cc(Br)c(F)cc1F)c1ccc2cn[nH]c2c1. The number of carbonyl (C=O) groups is 1. The van der Waals surface area contributed by atoms with Crippen molar-refractivity contribution in [1.29, 1.82) is 0 Å². The van der Waals surface area contributed by atoms with E-state index in [1.54, 1.807) is 24.4 Å². The van der Waals surface area contributed by atoms with Crippen molar-refractivity contribution in [3.8, 4) is 0 Å². The Morgan fingerprint density at radius 1 is 1.19 bits per heavy atom. The lowest BCUT2D eigenvalue weighted by Gasteiger charge is -2.07. The molecule has 0 aliphatic rings. The largest absolute Gasteiger partial charge is 0.319 e. The van der Waals surface area contributed by atoms with Crippen molar-refractivity contribution in [2.24, 2.45) is 0 Å². The molecule has 2 N–H and O–H groups in total. The molecule has 3 aromatic rings. The second-order valence-corrected chi connectivity index (χ2v) is 5.23. The first-order valence-electron chi connectivity index (χ1n) is 5.93. The minimum absolute atomic E-state index is 0.0724. The summed E-state index contributed by atoms with van der Waals surface area (Å²) in [6, 6.07) is 6.82. The van der Waals surface area contributed by atoms with Crippen LogP contribution in [0.1, 0.15) is 10.4 Å². The Hall–Kier alpha value is -2.28. The van der Waals surface area contributed by atoms with Gasteiger partial charge in [-0.05, 0) is 34.1 Å². The van der Waals surface area contributed by atoms with Gasteiger partial charge >= 0.3 is 0 Å². The molecule has 0 saturated heterocycles. The van der Waals surface area contributed by atoms with Crippen molar-refractivity contribution >= 4 is 38.4 Å². The van der Waals surface area contributed by atoms with Crippen LogP contribution in [0.25, 0.3) is 10.9 Å². The molecule has 0 fully saturated rings. The Balaban J connectivity index is 1.90. The molecule has 7 heteroatoms. The van der Waals surface area contributed by atoms with Gasteiger partial charge in [-0.1, -0.05) is 6.07 Å². The van der Waals surface area contributed by atoms with E-state index in [0.29, 0.717) is 17.1 Å². The number of hydrogen-bond acceptors (Lipinski definition) is 2. The fourth-order valence-corrected chi connectivity index (χ4v) is 2.23. The first-order valence-corrected chi connectivity index (χ1v) is 6.73. The number of carbonyl (C=O) groups excluding carboxylic acids is 1. The van der Waals surface area contributed by atoms with Gasteiger partial charge < -0.3 is 5.32 Å². The van der Waals surface area contributed by atoms with E-state index < -0.39 is 17.5 Å². The quantitative estimate of drug-likeness (QED) is 0.689. The highest BCUT2D eigenvalue weighted by Gasteiger charge is 2.13. The monoisotopic (exact) mass is 351 g/mol. The number of halogens is 3. The van der Waals surface area contributed by atoms with Gasteiger partial charge in [0.15, 0.2) is 0 Å². The molecule has 1 amide bonds. The first kappa shape index (κ1) is 13.7. The fraction of sp³-hybridized carbons (Fsp3) is 0. The number of nitrogens with one attached hydrogen (secondary N) is 2. The Bertz CT molecular complexity index is 847. The standard InChI is InChI=1S/C14H8BrF2N3O/c15-9-4-13(11(17)5-10(9)16)19-14(21)7-1-2-8-6-18-20-12(8)3-7/h1-6H,(H,18,20)(H,19,21). The molecule has 0 aliphatic carbocycles. The average Bonchev–Trinajstić information content (AvgIpc) is 2.92. The van der Waals surface area contributed by atoms with E-state index in [1.807, 2.05) is 0 Å². The molecule has 2 aromatic carbocycles. The molecule has 4 nitrogen and oxygen atoms in total. The summed E-state index contributed by atoms with van der Waals surface area (Å²) in [6.07, 6.45) is 1.63. The number of H-pyrrole nitrogens is 1. The number of amides is 1. The molecular formula is C14H8BrF2N3O. The highest BCUT2D eigenvalue weighted by atomic mass is 79.9. The number of benzene rings is 2. The molecule has 0 aliphatic heterocycles. The zero-order valence-corrected chi connectivity index (χ0v) is 12.0. The van der Waals surface area contributed by atoms with Gasteiger partial charge in [-0.3, -0.25) is 9.89 Å². The first-order chi connectivity index (χ1) is 10.0. The van der Waals surface area contributed by atoms with Gasteiger partial charge in [0.05, 0.1) is 21.9 Å². The van der Waals surface area contributed by atoms with E-state index >= 15 is 0 Å². The lowest BCUT2D eigenvalue weighted by Crippen LogP contribution is -2.13. The van der Waals surface area contributed by atoms with Crippen LogP contribution < -0.4 is 5.32 Å². The number of nitrogens with zero attached hydrogens (tertiary/aromatic N) is 1.